The van der Waals surface area contributed by atoms with E-state index in [0.29, 0.717) is 5.56 Å². The predicted molar refractivity (Wildman–Crippen MR) is 126 cm³/mol. The first-order chi connectivity index (χ1) is 17.1. The van der Waals surface area contributed by atoms with Gasteiger partial charge < -0.3 is 14.6 Å². The van der Waals surface area contributed by atoms with Gasteiger partial charge in [-0.1, -0.05) is 41.9 Å². The van der Waals surface area contributed by atoms with Gasteiger partial charge in [0.1, 0.15) is 5.15 Å². The third-order valence-electron chi connectivity index (χ3n) is 6.25. The molecule has 0 aliphatic carbocycles. The van der Waals surface area contributed by atoms with Gasteiger partial charge in [-0.05, 0) is 17.7 Å². The molecule has 3 aromatic heterocycles. The number of likely N-dealkylation sites (tertiary alicyclic amines) is 1. The van der Waals surface area contributed by atoms with Crippen molar-refractivity contribution in [2.24, 2.45) is 0 Å². The summed E-state index contributed by atoms with van der Waals surface area (Å²) in [6.45, 7) is 1.79. The van der Waals surface area contributed by atoms with Gasteiger partial charge in [0.2, 0.25) is 5.91 Å². The standard InChI is InChI=1S/C25H20ClF3N4O3/c1-14(34)30-20-12-32(11-18(20)15-5-3-2-4-6-15)24(35)21-22(26)33-10-17(16-7-8-36-13-16)9-19(23(33)31-21)25(27,28)29/h2-10,13,18,20H,11-12H2,1H3,(H,30,34)/t18-,20+/m1/s1. The molecular formula is C25H20ClF3N4O3. The van der Waals surface area contributed by atoms with E-state index in [4.69, 9.17) is 16.0 Å². The molecule has 2 amide bonds. The number of carbonyl (C=O) groups is 2. The van der Waals surface area contributed by atoms with E-state index in [1.807, 2.05) is 30.3 Å². The molecule has 1 N–H and O–H groups in total. The first-order valence-corrected chi connectivity index (χ1v) is 11.4. The summed E-state index contributed by atoms with van der Waals surface area (Å²) >= 11 is 6.45. The topological polar surface area (TPSA) is 79.8 Å². The number of nitrogens with one attached hydrogen (secondary N) is 1. The number of pyridine rings is 1. The van der Waals surface area contributed by atoms with Crippen molar-refractivity contribution in [1.82, 2.24) is 19.6 Å². The van der Waals surface area contributed by atoms with E-state index in [-0.39, 0.29) is 47.4 Å². The second-order valence-corrected chi connectivity index (χ2v) is 8.99. The number of hydrogen-bond acceptors (Lipinski definition) is 4. The molecule has 1 aliphatic rings. The zero-order chi connectivity index (χ0) is 25.6. The summed E-state index contributed by atoms with van der Waals surface area (Å²) in [5.41, 5.74) is -0.234. The van der Waals surface area contributed by atoms with Crippen molar-refractivity contribution in [2.75, 3.05) is 13.1 Å². The Bertz CT molecular complexity index is 1430. The number of hydrogen-bond donors (Lipinski definition) is 1. The number of fused-ring (bicyclic) bond motifs is 1. The fraction of sp³-hybridized carbons (Fsp3) is 0.240. The molecule has 11 heteroatoms. The van der Waals surface area contributed by atoms with E-state index in [9.17, 15) is 22.8 Å². The Morgan fingerprint density at radius 1 is 1.14 bits per heavy atom. The molecule has 0 spiro atoms. The van der Waals surface area contributed by atoms with Crippen LogP contribution in [-0.2, 0) is 11.0 Å². The normalized spacial score (nSPS) is 18.1. The van der Waals surface area contributed by atoms with Crippen molar-refractivity contribution in [3.8, 4) is 11.1 Å². The molecule has 186 valence electrons. The highest BCUT2D eigenvalue weighted by atomic mass is 35.5. The third kappa shape index (κ3) is 4.32. The Kier molecular flexibility index (Phi) is 5.99. The molecule has 36 heavy (non-hydrogen) atoms. The number of carbonyl (C=O) groups excluding carboxylic acids is 2. The van der Waals surface area contributed by atoms with Crippen molar-refractivity contribution >= 4 is 29.1 Å². The van der Waals surface area contributed by atoms with Crippen LogP contribution in [0, 0.1) is 0 Å². The summed E-state index contributed by atoms with van der Waals surface area (Å²) in [5, 5.41) is 2.64. The van der Waals surface area contributed by atoms with Crippen LogP contribution in [0.3, 0.4) is 0 Å². The van der Waals surface area contributed by atoms with Crippen LogP contribution in [0.15, 0.2) is 65.6 Å². The van der Waals surface area contributed by atoms with Gasteiger partial charge in [-0.2, -0.15) is 13.2 Å². The fourth-order valence-electron chi connectivity index (χ4n) is 4.61. The summed E-state index contributed by atoms with van der Waals surface area (Å²) in [5.74, 6) is -1.06. The van der Waals surface area contributed by atoms with Crippen LogP contribution < -0.4 is 5.32 Å². The van der Waals surface area contributed by atoms with Crippen molar-refractivity contribution in [1.29, 1.82) is 0 Å². The molecule has 5 rings (SSSR count). The maximum Gasteiger partial charge on any atom is 0.420 e. The van der Waals surface area contributed by atoms with Crippen LogP contribution in [0.2, 0.25) is 5.15 Å². The Balaban J connectivity index is 1.55. The van der Waals surface area contributed by atoms with E-state index >= 15 is 0 Å². The summed E-state index contributed by atoms with van der Waals surface area (Å²) in [6.07, 6.45) is -0.690. The number of halogens is 4. The maximum absolute atomic E-state index is 13.9. The molecule has 0 unspecified atom stereocenters. The molecule has 4 aromatic rings. The quantitative estimate of drug-likeness (QED) is 0.413. The van der Waals surface area contributed by atoms with E-state index in [0.717, 1.165) is 16.0 Å². The Labute approximate surface area is 208 Å². The van der Waals surface area contributed by atoms with Crippen molar-refractivity contribution < 1.29 is 27.2 Å². The Hall–Kier alpha value is -3.79. The van der Waals surface area contributed by atoms with Gasteiger partial charge in [0.25, 0.3) is 5.91 Å². The van der Waals surface area contributed by atoms with E-state index in [1.54, 1.807) is 0 Å². The van der Waals surface area contributed by atoms with Gasteiger partial charge in [-0.3, -0.25) is 14.0 Å². The number of rotatable bonds is 4. The summed E-state index contributed by atoms with van der Waals surface area (Å²) in [4.78, 5) is 30.8. The molecule has 0 radical (unpaired) electrons. The lowest BCUT2D eigenvalue weighted by Gasteiger charge is -2.18. The summed E-state index contributed by atoms with van der Waals surface area (Å²) in [6, 6.07) is 11.5. The van der Waals surface area contributed by atoms with Crippen LogP contribution in [0.5, 0.6) is 0 Å². The first-order valence-electron chi connectivity index (χ1n) is 11.1. The van der Waals surface area contributed by atoms with Crippen LogP contribution in [0.25, 0.3) is 16.8 Å². The molecule has 2 atom stereocenters. The highest BCUT2D eigenvalue weighted by molar-refractivity contribution is 6.33. The minimum absolute atomic E-state index is 0.161. The van der Waals surface area contributed by atoms with E-state index in [2.05, 4.69) is 10.3 Å². The molecule has 0 bridgehead atoms. The lowest BCUT2D eigenvalue weighted by atomic mass is 9.94. The second-order valence-electron chi connectivity index (χ2n) is 8.63. The lowest BCUT2D eigenvalue weighted by Crippen LogP contribution is -2.39. The fourth-order valence-corrected chi connectivity index (χ4v) is 4.87. The number of alkyl halides is 3. The lowest BCUT2D eigenvalue weighted by molar-refractivity contribution is -0.136. The summed E-state index contributed by atoms with van der Waals surface area (Å²) in [7, 11) is 0. The first kappa shape index (κ1) is 23.9. The van der Waals surface area contributed by atoms with Gasteiger partial charge in [0.05, 0.1) is 24.1 Å². The van der Waals surface area contributed by atoms with E-state index in [1.165, 1.54) is 36.6 Å². The average molecular weight is 517 g/mol. The van der Waals surface area contributed by atoms with Crippen molar-refractivity contribution in [3.63, 3.8) is 0 Å². The number of benzene rings is 1. The SMILES string of the molecule is CC(=O)N[C@H]1CN(C(=O)c2nc3c(C(F)(F)F)cc(-c4ccoc4)cn3c2Cl)C[C@@H]1c1ccccc1. The zero-order valence-electron chi connectivity index (χ0n) is 18.9. The van der Waals surface area contributed by atoms with Gasteiger partial charge in [0, 0.05) is 43.3 Å². The van der Waals surface area contributed by atoms with Crippen LogP contribution in [0.1, 0.15) is 34.5 Å². The zero-order valence-corrected chi connectivity index (χ0v) is 19.7. The van der Waals surface area contributed by atoms with E-state index < -0.39 is 23.3 Å². The highest BCUT2D eigenvalue weighted by Crippen LogP contribution is 2.38. The van der Waals surface area contributed by atoms with Crippen LogP contribution >= 0.6 is 11.6 Å². The number of nitrogens with zero attached hydrogens (tertiary/aromatic N) is 3. The molecule has 1 fully saturated rings. The number of imidazole rings is 1. The monoisotopic (exact) mass is 516 g/mol. The number of furan rings is 1. The molecular weight excluding hydrogens is 497 g/mol. The molecule has 1 saturated heterocycles. The van der Waals surface area contributed by atoms with Gasteiger partial charge in [-0.25, -0.2) is 4.98 Å². The van der Waals surface area contributed by atoms with Crippen molar-refractivity contribution in [3.05, 3.63) is 83.2 Å². The molecule has 1 aromatic carbocycles. The molecule has 7 nitrogen and oxygen atoms in total. The summed E-state index contributed by atoms with van der Waals surface area (Å²) < 4.78 is 47.9. The van der Waals surface area contributed by atoms with Crippen LogP contribution in [-0.4, -0.2) is 45.2 Å². The molecule has 4 heterocycles. The Morgan fingerprint density at radius 3 is 2.53 bits per heavy atom. The minimum atomic E-state index is -4.74. The number of amides is 2. The third-order valence-corrected chi connectivity index (χ3v) is 6.61. The highest BCUT2D eigenvalue weighted by Gasteiger charge is 2.40. The molecule has 1 aliphatic heterocycles. The van der Waals surface area contributed by atoms with Gasteiger partial charge in [-0.15, -0.1) is 0 Å². The maximum atomic E-state index is 13.9. The predicted octanol–water partition coefficient (Wildman–Crippen LogP) is 5.01. The Morgan fingerprint density at radius 2 is 1.89 bits per heavy atom. The number of aromatic nitrogens is 2. The van der Waals surface area contributed by atoms with Gasteiger partial charge in [0.15, 0.2) is 11.3 Å². The minimum Gasteiger partial charge on any atom is -0.472 e. The largest absolute Gasteiger partial charge is 0.472 e. The smallest absolute Gasteiger partial charge is 0.420 e. The molecule has 0 saturated carbocycles. The van der Waals surface area contributed by atoms with Crippen molar-refractivity contribution in [2.45, 2.75) is 25.1 Å². The van der Waals surface area contributed by atoms with Crippen LogP contribution in [0.4, 0.5) is 13.2 Å². The second kappa shape index (κ2) is 9.02. The van der Waals surface area contributed by atoms with Gasteiger partial charge >= 0.3 is 6.18 Å². The average Bonchev–Trinajstić information content (AvgIpc) is 3.57.